The normalized spacial score (nSPS) is 10.1. The summed E-state index contributed by atoms with van der Waals surface area (Å²) in [5.74, 6) is -0.395. The number of rotatable bonds is 4. The molecular formula is C12H11BrN2O2S. The summed E-state index contributed by atoms with van der Waals surface area (Å²) in [5, 5.41) is 5.48. The Hall–Kier alpha value is -1.40. The van der Waals surface area contributed by atoms with Gasteiger partial charge in [-0.05, 0) is 35.0 Å². The van der Waals surface area contributed by atoms with Crippen LogP contribution in [0.2, 0.25) is 0 Å². The minimum Gasteiger partial charge on any atom is -0.461 e. The highest BCUT2D eigenvalue weighted by Gasteiger charge is 2.11. The van der Waals surface area contributed by atoms with Crippen molar-refractivity contribution in [2.75, 3.05) is 11.9 Å². The van der Waals surface area contributed by atoms with Gasteiger partial charge in [0, 0.05) is 9.85 Å². The summed E-state index contributed by atoms with van der Waals surface area (Å²) in [6, 6.07) is 7.71. The molecule has 0 saturated heterocycles. The lowest BCUT2D eigenvalue weighted by atomic mass is 10.3. The fraction of sp³-hybridized carbons (Fsp3) is 0.167. The zero-order valence-electron chi connectivity index (χ0n) is 9.64. The molecule has 1 aromatic heterocycles. The smallest absolute Gasteiger partial charge is 0.357 e. The van der Waals surface area contributed by atoms with E-state index in [0.29, 0.717) is 17.4 Å². The standard InChI is InChI=1S/C12H11BrN2O2S/c1-2-17-11(16)10-7-18-12(15-10)14-9-6-4-3-5-8(9)13/h3-7H,2H2,1H3,(H,14,15). The van der Waals surface area contributed by atoms with Crippen molar-refractivity contribution in [3.63, 3.8) is 0 Å². The lowest BCUT2D eigenvalue weighted by Crippen LogP contribution is -2.05. The molecule has 94 valence electrons. The van der Waals surface area contributed by atoms with E-state index in [1.54, 1.807) is 12.3 Å². The summed E-state index contributed by atoms with van der Waals surface area (Å²) in [6.07, 6.45) is 0. The van der Waals surface area contributed by atoms with Crippen LogP contribution < -0.4 is 5.32 Å². The number of benzene rings is 1. The van der Waals surface area contributed by atoms with E-state index in [1.165, 1.54) is 11.3 Å². The monoisotopic (exact) mass is 326 g/mol. The van der Waals surface area contributed by atoms with Crippen molar-refractivity contribution in [2.45, 2.75) is 6.92 Å². The second kappa shape index (κ2) is 5.97. The molecule has 0 bridgehead atoms. The van der Waals surface area contributed by atoms with Gasteiger partial charge in [0.05, 0.1) is 12.3 Å². The number of nitrogens with zero attached hydrogens (tertiary/aromatic N) is 1. The van der Waals surface area contributed by atoms with Crippen LogP contribution in [0.4, 0.5) is 10.8 Å². The molecule has 0 unspecified atom stereocenters. The molecule has 2 aromatic rings. The molecule has 0 radical (unpaired) electrons. The molecule has 4 nitrogen and oxygen atoms in total. The highest BCUT2D eigenvalue weighted by atomic mass is 79.9. The van der Waals surface area contributed by atoms with E-state index in [2.05, 4.69) is 26.2 Å². The summed E-state index contributed by atoms with van der Waals surface area (Å²) >= 11 is 4.80. The highest BCUT2D eigenvalue weighted by Crippen LogP contribution is 2.27. The van der Waals surface area contributed by atoms with Crippen molar-refractivity contribution >= 4 is 44.1 Å². The molecule has 0 amide bonds. The van der Waals surface area contributed by atoms with Crippen LogP contribution in [0.3, 0.4) is 0 Å². The largest absolute Gasteiger partial charge is 0.461 e. The first kappa shape index (κ1) is 13.0. The molecule has 2 rings (SSSR count). The number of thiazole rings is 1. The maximum Gasteiger partial charge on any atom is 0.357 e. The number of ether oxygens (including phenoxy) is 1. The predicted molar refractivity (Wildman–Crippen MR) is 75.5 cm³/mol. The molecule has 0 fully saturated rings. The van der Waals surface area contributed by atoms with E-state index in [9.17, 15) is 4.79 Å². The number of carbonyl (C=O) groups is 1. The SMILES string of the molecule is CCOC(=O)c1csc(Nc2ccccc2Br)n1. The van der Waals surface area contributed by atoms with Gasteiger partial charge in [-0.2, -0.15) is 0 Å². The minimum atomic E-state index is -0.395. The quantitative estimate of drug-likeness (QED) is 0.867. The molecule has 0 aliphatic carbocycles. The van der Waals surface area contributed by atoms with Crippen LogP contribution in [-0.4, -0.2) is 17.6 Å². The molecule has 1 N–H and O–H groups in total. The second-order valence-corrected chi connectivity index (χ2v) is 5.08. The molecule has 1 aromatic carbocycles. The molecular weight excluding hydrogens is 316 g/mol. The summed E-state index contributed by atoms with van der Waals surface area (Å²) in [4.78, 5) is 15.6. The van der Waals surface area contributed by atoms with E-state index < -0.39 is 5.97 Å². The van der Waals surface area contributed by atoms with Crippen LogP contribution in [0.1, 0.15) is 17.4 Å². The molecule has 0 aliphatic heterocycles. The number of anilines is 2. The third kappa shape index (κ3) is 3.08. The van der Waals surface area contributed by atoms with E-state index in [4.69, 9.17) is 4.74 Å². The number of carbonyl (C=O) groups excluding carboxylic acids is 1. The Balaban J connectivity index is 2.12. The summed E-state index contributed by atoms with van der Waals surface area (Å²) in [5.41, 5.74) is 1.23. The Morgan fingerprint density at radius 2 is 2.28 bits per heavy atom. The van der Waals surface area contributed by atoms with Crippen molar-refractivity contribution in [1.29, 1.82) is 0 Å². The van der Waals surface area contributed by atoms with Gasteiger partial charge in [-0.25, -0.2) is 9.78 Å². The van der Waals surface area contributed by atoms with Crippen LogP contribution in [0.5, 0.6) is 0 Å². The highest BCUT2D eigenvalue weighted by molar-refractivity contribution is 9.10. The molecule has 0 atom stereocenters. The van der Waals surface area contributed by atoms with Gasteiger partial charge in [0.2, 0.25) is 0 Å². The number of hydrogen-bond donors (Lipinski definition) is 1. The van der Waals surface area contributed by atoms with E-state index in [1.807, 2.05) is 24.3 Å². The van der Waals surface area contributed by atoms with Crippen molar-refractivity contribution in [3.8, 4) is 0 Å². The zero-order chi connectivity index (χ0) is 13.0. The van der Waals surface area contributed by atoms with Gasteiger partial charge in [0.25, 0.3) is 0 Å². The first-order chi connectivity index (χ1) is 8.70. The first-order valence-corrected chi connectivity index (χ1v) is 7.02. The summed E-state index contributed by atoms with van der Waals surface area (Å²) in [7, 11) is 0. The fourth-order valence-electron chi connectivity index (χ4n) is 1.31. The van der Waals surface area contributed by atoms with Crippen molar-refractivity contribution in [1.82, 2.24) is 4.98 Å². The average molecular weight is 327 g/mol. The first-order valence-electron chi connectivity index (χ1n) is 5.35. The number of hydrogen-bond acceptors (Lipinski definition) is 5. The zero-order valence-corrected chi connectivity index (χ0v) is 12.0. The summed E-state index contributed by atoms with van der Waals surface area (Å²) < 4.78 is 5.83. The van der Waals surface area contributed by atoms with Crippen molar-refractivity contribution < 1.29 is 9.53 Å². The lowest BCUT2D eigenvalue weighted by molar-refractivity contribution is 0.0520. The van der Waals surface area contributed by atoms with Gasteiger partial charge >= 0.3 is 5.97 Å². The third-order valence-electron chi connectivity index (χ3n) is 2.10. The molecule has 0 spiro atoms. The van der Waals surface area contributed by atoms with E-state index in [-0.39, 0.29) is 0 Å². The van der Waals surface area contributed by atoms with E-state index in [0.717, 1.165) is 10.2 Å². The third-order valence-corrected chi connectivity index (χ3v) is 3.55. The Bertz CT molecular complexity index is 557. The minimum absolute atomic E-state index is 0.330. The van der Waals surface area contributed by atoms with Gasteiger partial charge in [-0.3, -0.25) is 0 Å². The number of esters is 1. The number of aromatic nitrogens is 1. The number of halogens is 1. The second-order valence-electron chi connectivity index (χ2n) is 3.36. The Kier molecular flexibility index (Phi) is 4.33. The average Bonchev–Trinajstić information content (AvgIpc) is 2.81. The lowest BCUT2D eigenvalue weighted by Gasteiger charge is -2.04. The van der Waals surface area contributed by atoms with Gasteiger partial charge in [-0.1, -0.05) is 12.1 Å². The molecule has 0 aliphatic rings. The molecule has 1 heterocycles. The fourth-order valence-corrected chi connectivity index (χ4v) is 2.38. The number of para-hydroxylation sites is 1. The molecule has 0 saturated carbocycles. The van der Waals surface area contributed by atoms with Crippen LogP contribution >= 0.6 is 27.3 Å². The van der Waals surface area contributed by atoms with Crippen LogP contribution in [0.15, 0.2) is 34.1 Å². The maximum atomic E-state index is 11.5. The maximum absolute atomic E-state index is 11.5. The Labute approximate surface area is 117 Å². The van der Waals surface area contributed by atoms with Crippen LogP contribution in [0, 0.1) is 0 Å². The van der Waals surface area contributed by atoms with Gasteiger partial charge in [0.15, 0.2) is 10.8 Å². The van der Waals surface area contributed by atoms with Crippen LogP contribution in [-0.2, 0) is 4.74 Å². The Morgan fingerprint density at radius 1 is 1.50 bits per heavy atom. The summed E-state index contributed by atoms with van der Waals surface area (Å²) in [6.45, 7) is 2.12. The molecule has 6 heteroatoms. The molecule has 18 heavy (non-hydrogen) atoms. The Morgan fingerprint density at radius 3 is 3.00 bits per heavy atom. The van der Waals surface area contributed by atoms with E-state index >= 15 is 0 Å². The van der Waals surface area contributed by atoms with Crippen LogP contribution in [0.25, 0.3) is 0 Å². The predicted octanol–water partition coefficient (Wildman–Crippen LogP) is 3.83. The van der Waals surface area contributed by atoms with Crippen molar-refractivity contribution in [2.24, 2.45) is 0 Å². The van der Waals surface area contributed by atoms with Gasteiger partial charge < -0.3 is 10.1 Å². The van der Waals surface area contributed by atoms with Gasteiger partial charge in [0.1, 0.15) is 0 Å². The topological polar surface area (TPSA) is 51.2 Å². The van der Waals surface area contributed by atoms with Crippen molar-refractivity contribution in [3.05, 3.63) is 39.8 Å². The number of nitrogens with one attached hydrogen (secondary N) is 1. The van der Waals surface area contributed by atoms with Gasteiger partial charge in [-0.15, -0.1) is 11.3 Å².